The third-order valence-corrected chi connectivity index (χ3v) is 3.75. The van der Waals surface area contributed by atoms with E-state index < -0.39 is 0 Å². The minimum atomic E-state index is 0.740. The molecule has 0 aliphatic heterocycles. The molecular weight excluding hydrogens is 234 g/mol. The maximum Gasteiger partial charge on any atom is 0.0543 e. The molecule has 1 aromatic rings. The van der Waals surface area contributed by atoms with E-state index in [2.05, 4.69) is 36.8 Å². The normalized spacial score (nSPS) is 13.2. The van der Waals surface area contributed by atoms with Crippen molar-refractivity contribution in [1.82, 2.24) is 9.88 Å². The fraction of sp³-hybridized carbons (Fsp3) is 0.688. The van der Waals surface area contributed by atoms with E-state index in [0.29, 0.717) is 0 Å². The zero-order valence-corrected chi connectivity index (χ0v) is 12.7. The van der Waals surface area contributed by atoms with Gasteiger partial charge in [-0.25, -0.2) is 0 Å². The van der Waals surface area contributed by atoms with Gasteiger partial charge in [-0.15, -0.1) is 0 Å². The summed E-state index contributed by atoms with van der Waals surface area (Å²) in [4.78, 5) is 6.71. The molecule has 108 valence electrons. The second-order valence-corrected chi connectivity index (χ2v) is 5.78. The number of nitrogens with zero attached hydrogens (tertiary/aromatic N) is 2. The van der Waals surface area contributed by atoms with Crippen LogP contribution in [0, 0.1) is 11.8 Å². The van der Waals surface area contributed by atoms with Gasteiger partial charge >= 0.3 is 0 Å². The molecule has 3 heteroatoms. The lowest BCUT2D eigenvalue weighted by molar-refractivity contribution is 0.276. The molecule has 1 atom stereocenters. The Kier molecular flexibility index (Phi) is 7.68. The van der Waals surface area contributed by atoms with Crippen LogP contribution in [0.4, 0.5) is 0 Å². The smallest absolute Gasteiger partial charge is 0.0543 e. The lowest BCUT2D eigenvalue weighted by Crippen LogP contribution is -2.21. The van der Waals surface area contributed by atoms with Gasteiger partial charge < -0.3 is 10.6 Å². The number of pyridine rings is 1. The van der Waals surface area contributed by atoms with Crippen LogP contribution < -0.4 is 5.73 Å². The fourth-order valence-electron chi connectivity index (χ4n) is 2.50. The predicted molar refractivity (Wildman–Crippen MR) is 81.8 cm³/mol. The van der Waals surface area contributed by atoms with Crippen LogP contribution in [0.15, 0.2) is 24.4 Å². The zero-order chi connectivity index (χ0) is 14.1. The standard InChI is InChI=1S/C16H29N3/c1-14(2)15(9-10-17)7-6-12-19(3)13-16-8-4-5-11-18-16/h4-5,8,11,14-15H,6-7,9-10,12-13,17H2,1-3H3. The summed E-state index contributed by atoms with van der Waals surface area (Å²) in [6.45, 7) is 7.48. The molecule has 0 aliphatic rings. The van der Waals surface area contributed by atoms with E-state index in [4.69, 9.17) is 5.73 Å². The van der Waals surface area contributed by atoms with Gasteiger partial charge in [0.05, 0.1) is 5.69 Å². The third kappa shape index (κ3) is 6.69. The lowest BCUT2D eigenvalue weighted by Gasteiger charge is -2.22. The monoisotopic (exact) mass is 263 g/mol. The van der Waals surface area contributed by atoms with E-state index >= 15 is 0 Å². The zero-order valence-electron chi connectivity index (χ0n) is 12.7. The molecular formula is C16H29N3. The number of aromatic nitrogens is 1. The van der Waals surface area contributed by atoms with E-state index in [1.165, 1.54) is 12.8 Å². The number of hydrogen-bond acceptors (Lipinski definition) is 3. The Balaban J connectivity index is 2.24. The van der Waals surface area contributed by atoms with Gasteiger partial charge in [-0.1, -0.05) is 19.9 Å². The Hall–Kier alpha value is -0.930. The Labute approximate surface area is 118 Å². The van der Waals surface area contributed by atoms with Gasteiger partial charge in [0.15, 0.2) is 0 Å². The molecule has 2 N–H and O–H groups in total. The van der Waals surface area contributed by atoms with Crippen molar-refractivity contribution in [2.75, 3.05) is 20.1 Å². The van der Waals surface area contributed by atoms with Crippen LogP contribution in [0.2, 0.25) is 0 Å². The maximum atomic E-state index is 5.68. The van der Waals surface area contributed by atoms with Crippen LogP contribution in [0.3, 0.4) is 0 Å². The molecule has 1 aromatic heterocycles. The SMILES string of the molecule is CC(C)C(CCN)CCCN(C)Cc1ccccn1. The van der Waals surface area contributed by atoms with Crippen LogP contribution in [-0.4, -0.2) is 30.0 Å². The van der Waals surface area contributed by atoms with E-state index in [1.54, 1.807) is 0 Å². The van der Waals surface area contributed by atoms with E-state index in [1.807, 2.05) is 18.3 Å². The highest BCUT2D eigenvalue weighted by atomic mass is 15.1. The first-order chi connectivity index (χ1) is 9.13. The molecule has 0 saturated heterocycles. The highest BCUT2D eigenvalue weighted by Crippen LogP contribution is 2.20. The molecule has 3 nitrogen and oxygen atoms in total. The minimum absolute atomic E-state index is 0.740. The highest BCUT2D eigenvalue weighted by molar-refractivity contribution is 5.02. The number of rotatable bonds is 9. The first-order valence-corrected chi connectivity index (χ1v) is 7.42. The van der Waals surface area contributed by atoms with Gasteiger partial charge in [-0.3, -0.25) is 4.98 Å². The van der Waals surface area contributed by atoms with Crippen LogP contribution in [0.25, 0.3) is 0 Å². The maximum absolute atomic E-state index is 5.68. The Morgan fingerprint density at radius 3 is 2.63 bits per heavy atom. The quantitative estimate of drug-likeness (QED) is 0.745. The van der Waals surface area contributed by atoms with Crippen molar-refractivity contribution in [3.63, 3.8) is 0 Å². The average molecular weight is 263 g/mol. The van der Waals surface area contributed by atoms with Crippen LogP contribution in [0.5, 0.6) is 0 Å². The van der Waals surface area contributed by atoms with E-state index in [9.17, 15) is 0 Å². The molecule has 1 heterocycles. The first kappa shape index (κ1) is 16.1. The predicted octanol–water partition coefficient (Wildman–Crippen LogP) is 2.91. The number of nitrogens with two attached hydrogens (primary N) is 1. The van der Waals surface area contributed by atoms with E-state index in [0.717, 1.165) is 43.6 Å². The average Bonchev–Trinajstić information content (AvgIpc) is 2.38. The van der Waals surface area contributed by atoms with Gasteiger partial charge in [0.1, 0.15) is 0 Å². The topological polar surface area (TPSA) is 42.1 Å². The first-order valence-electron chi connectivity index (χ1n) is 7.42. The van der Waals surface area contributed by atoms with Crippen molar-refractivity contribution in [3.05, 3.63) is 30.1 Å². The Morgan fingerprint density at radius 1 is 1.26 bits per heavy atom. The third-order valence-electron chi connectivity index (χ3n) is 3.75. The largest absolute Gasteiger partial charge is 0.330 e. The number of hydrogen-bond donors (Lipinski definition) is 1. The molecule has 0 radical (unpaired) electrons. The fourth-order valence-corrected chi connectivity index (χ4v) is 2.50. The summed E-state index contributed by atoms with van der Waals surface area (Å²) < 4.78 is 0. The summed E-state index contributed by atoms with van der Waals surface area (Å²) in [6.07, 6.45) is 5.54. The minimum Gasteiger partial charge on any atom is -0.330 e. The molecule has 0 fully saturated rings. The molecule has 0 saturated carbocycles. The second kappa shape index (κ2) is 9.05. The Morgan fingerprint density at radius 2 is 2.05 bits per heavy atom. The summed E-state index contributed by atoms with van der Waals surface area (Å²) in [7, 11) is 2.17. The van der Waals surface area contributed by atoms with Crippen molar-refractivity contribution in [2.24, 2.45) is 17.6 Å². The van der Waals surface area contributed by atoms with Gasteiger partial charge in [0.2, 0.25) is 0 Å². The molecule has 0 spiro atoms. The lowest BCUT2D eigenvalue weighted by atomic mass is 9.88. The molecule has 1 rings (SSSR count). The van der Waals surface area contributed by atoms with Gasteiger partial charge in [0, 0.05) is 12.7 Å². The molecule has 0 bridgehead atoms. The van der Waals surface area contributed by atoms with Gasteiger partial charge in [-0.05, 0) is 63.4 Å². The Bertz CT molecular complexity index is 324. The van der Waals surface area contributed by atoms with E-state index in [-0.39, 0.29) is 0 Å². The van der Waals surface area contributed by atoms with Crippen LogP contribution in [0.1, 0.15) is 38.8 Å². The van der Waals surface area contributed by atoms with Crippen LogP contribution >= 0.6 is 0 Å². The summed E-state index contributed by atoms with van der Waals surface area (Å²) in [5, 5.41) is 0. The molecule has 19 heavy (non-hydrogen) atoms. The van der Waals surface area contributed by atoms with Crippen molar-refractivity contribution >= 4 is 0 Å². The highest BCUT2D eigenvalue weighted by Gasteiger charge is 2.12. The summed E-state index contributed by atoms with van der Waals surface area (Å²) in [5.41, 5.74) is 6.83. The van der Waals surface area contributed by atoms with Crippen LogP contribution in [-0.2, 0) is 6.54 Å². The van der Waals surface area contributed by atoms with Crippen molar-refractivity contribution < 1.29 is 0 Å². The van der Waals surface area contributed by atoms with Gasteiger partial charge in [-0.2, -0.15) is 0 Å². The summed E-state index contributed by atoms with van der Waals surface area (Å²) in [6, 6.07) is 6.09. The molecule has 0 amide bonds. The van der Waals surface area contributed by atoms with Gasteiger partial charge in [0.25, 0.3) is 0 Å². The van der Waals surface area contributed by atoms with Crippen molar-refractivity contribution in [1.29, 1.82) is 0 Å². The summed E-state index contributed by atoms with van der Waals surface area (Å²) in [5.74, 6) is 1.51. The molecule has 1 unspecified atom stereocenters. The summed E-state index contributed by atoms with van der Waals surface area (Å²) >= 11 is 0. The molecule has 0 aromatic carbocycles. The molecule has 0 aliphatic carbocycles. The van der Waals surface area contributed by atoms with Crippen molar-refractivity contribution in [2.45, 2.75) is 39.7 Å². The second-order valence-electron chi connectivity index (χ2n) is 5.78. The van der Waals surface area contributed by atoms with Crippen molar-refractivity contribution in [3.8, 4) is 0 Å².